The zero-order valence-corrected chi connectivity index (χ0v) is 14.5. The van der Waals surface area contributed by atoms with Crippen LogP contribution < -0.4 is 5.32 Å². The number of carbonyl (C=O) groups is 1. The number of urea groups is 1. The van der Waals surface area contributed by atoms with Crippen molar-refractivity contribution in [3.05, 3.63) is 29.3 Å². The van der Waals surface area contributed by atoms with Gasteiger partial charge in [0.25, 0.3) is 0 Å². The lowest BCUT2D eigenvalue weighted by atomic mass is 9.89. The van der Waals surface area contributed by atoms with Gasteiger partial charge in [0.2, 0.25) is 0 Å². The molecule has 1 N–H and O–H groups in total. The maximum absolute atomic E-state index is 13.0. The Kier molecular flexibility index (Phi) is 5.82. The molecule has 126 valence electrons. The Labute approximate surface area is 144 Å². The average molecular weight is 335 g/mol. The molecule has 2 saturated carbocycles. The smallest absolute Gasteiger partial charge is 0.319 e. The van der Waals surface area contributed by atoms with Crippen LogP contribution in [0.2, 0.25) is 5.02 Å². The average Bonchev–Trinajstić information content (AvgIpc) is 2.59. The third-order valence-corrected chi connectivity index (χ3v) is 5.52. The van der Waals surface area contributed by atoms with Gasteiger partial charge in [-0.3, -0.25) is 0 Å². The zero-order chi connectivity index (χ0) is 16.1. The lowest BCUT2D eigenvalue weighted by Gasteiger charge is -2.41. The second-order valence-electron chi connectivity index (χ2n) is 6.93. The molecule has 0 atom stereocenters. The van der Waals surface area contributed by atoms with Gasteiger partial charge in [0.15, 0.2) is 0 Å². The van der Waals surface area contributed by atoms with E-state index < -0.39 is 0 Å². The zero-order valence-electron chi connectivity index (χ0n) is 13.8. The van der Waals surface area contributed by atoms with Crippen molar-refractivity contribution in [1.82, 2.24) is 4.90 Å². The van der Waals surface area contributed by atoms with Crippen LogP contribution in [-0.2, 0) is 0 Å². The topological polar surface area (TPSA) is 32.3 Å². The second-order valence-corrected chi connectivity index (χ2v) is 7.36. The number of hydrogen-bond donors (Lipinski definition) is 1. The number of carbonyl (C=O) groups excluding carboxylic acids is 1. The van der Waals surface area contributed by atoms with E-state index in [1.807, 2.05) is 24.3 Å². The first-order chi connectivity index (χ1) is 11.2. The maximum atomic E-state index is 13.0. The van der Waals surface area contributed by atoms with Crippen LogP contribution in [0.25, 0.3) is 0 Å². The van der Waals surface area contributed by atoms with Crippen molar-refractivity contribution >= 4 is 23.3 Å². The van der Waals surface area contributed by atoms with Gasteiger partial charge >= 0.3 is 6.03 Å². The quantitative estimate of drug-likeness (QED) is 0.740. The summed E-state index contributed by atoms with van der Waals surface area (Å²) in [5.74, 6) is 0. The van der Waals surface area contributed by atoms with Crippen molar-refractivity contribution in [1.29, 1.82) is 0 Å². The highest BCUT2D eigenvalue weighted by molar-refractivity contribution is 6.30. The van der Waals surface area contributed by atoms with Crippen molar-refractivity contribution < 1.29 is 4.79 Å². The minimum absolute atomic E-state index is 0.0751. The van der Waals surface area contributed by atoms with Gasteiger partial charge < -0.3 is 10.2 Å². The van der Waals surface area contributed by atoms with Crippen molar-refractivity contribution in [2.45, 2.75) is 76.3 Å². The van der Waals surface area contributed by atoms with Crippen molar-refractivity contribution in [3.63, 3.8) is 0 Å². The number of nitrogens with zero attached hydrogens (tertiary/aromatic N) is 1. The molecule has 0 aliphatic heterocycles. The number of nitrogens with one attached hydrogen (secondary N) is 1. The van der Waals surface area contributed by atoms with E-state index in [9.17, 15) is 4.79 Å². The fourth-order valence-electron chi connectivity index (χ4n) is 4.07. The second kappa shape index (κ2) is 8.05. The Balaban J connectivity index is 1.72. The summed E-state index contributed by atoms with van der Waals surface area (Å²) in [6.45, 7) is 0. The van der Waals surface area contributed by atoms with E-state index in [-0.39, 0.29) is 6.03 Å². The van der Waals surface area contributed by atoms with E-state index in [1.54, 1.807) is 0 Å². The maximum Gasteiger partial charge on any atom is 0.322 e. The number of amides is 2. The first-order valence-corrected chi connectivity index (χ1v) is 9.47. The summed E-state index contributed by atoms with van der Waals surface area (Å²) in [5, 5.41) is 3.79. The molecular formula is C19H27ClN2O. The summed E-state index contributed by atoms with van der Waals surface area (Å²) >= 11 is 5.93. The van der Waals surface area contributed by atoms with Gasteiger partial charge in [-0.2, -0.15) is 0 Å². The molecule has 0 aromatic heterocycles. The minimum Gasteiger partial charge on any atom is -0.319 e. The Bertz CT molecular complexity index is 487. The standard InChI is InChI=1S/C19H27ClN2O/c20-15-11-13-16(14-12-15)21-19(23)22(17-7-3-1-4-8-17)18-9-5-2-6-10-18/h11-14,17-18H,1-10H2,(H,21,23). The highest BCUT2D eigenvalue weighted by atomic mass is 35.5. The van der Waals surface area contributed by atoms with Crippen LogP contribution >= 0.6 is 11.6 Å². The third-order valence-electron chi connectivity index (χ3n) is 5.27. The molecule has 2 aliphatic carbocycles. The molecule has 0 heterocycles. The fourth-order valence-corrected chi connectivity index (χ4v) is 4.20. The molecule has 2 aliphatic rings. The van der Waals surface area contributed by atoms with Crippen LogP contribution in [0.4, 0.5) is 10.5 Å². The summed E-state index contributed by atoms with van der Waals surface area (Å²) < 4.78 is 0. The van der Waals surface area contributed by atoms with Crippen LogP contribution in [0, 0.1) is 0 Å². The fraction of sp³-hybridized carbons (Fsp3) is 0.632. The highest BCUT2D eigenvalue weighted by Crippen LogP contribution is 2.30. The van der Waals surface area contributed by atoms with E-state index in [1.165, 1.54) is 38.5 Å². The Morgan fingerprint density at radius 1 is 0.870 bits per heavy atom. The van der Waals surface area contributed by atoms with E-state index in [0.29, 0.717) is 17.1 Å². The molecule has 1 aromatic rings. The Morgan fingerprint density at radius 2 is 1.35 bits per heavy atom. The van der Waals surface area contributed by atoms with E-state index >= 15 is 0 Å². The molecule has 0 bridgehead atoms. The summed E-state index contributed by atoms with van der Waals surface area (Å²) in [4.78, 5) is 15.2. The van der Waals surface area contributed by atoms with Crippen LogP contribution in [0.5, 0.6) is 0 Å². The lowest BCUT2D eigenvalue weighted by Crippen LogP contribution is -2.50. The molecule has 3 rings (SSSR count). The summed E-state index contributed by atoms with van der Waals surface area (Å²) in [7, 11) is 0. The molecule has 0 radical (unpaired) electrons. The van der Waals surface area contributed by atoms with Gasteiger partial charge in [0, 0.05) is 22.8 Å². The van der Waals surface area contributed by atoms with Crippen molar-refractivity contribution in [2.75, 3.05) is 5.32 Å². The van der Waals surface area contributed by atoms with E-state index in [4.69, 9.17) is 11.6 Å². The molecule has 2 fully saturated rings. The van der Waals surface area contributed by atoms with Crippen LogP contribution in [-0.4, -0.2) is 23.0 Å². The normalized spacial score (nSPS) is 20.2. The Hall–Kier alpha value is -1.22. The molecule has 1 aromatic carbocycles. The molecule has 0 unspecified atom stereocenters. The van der Waals surface area contributed by atoms with E-state index in [2.05, 4.69) is 10.2 Å². The molecule has 4 heteroatoms. The molecule has 3 nitrogen and oxygen atoms in total. The first kappa shape index (κ1) is 16.6. The van der Waals surface area contributed by atoms with Gasteiger partial charge in [-0.05, 0) is 49.9 Å². The van der Waals surface area contributed by atoms with Gasteiger partial charge in [0.05, 0.1) is 0 Å². The van der Waals surface area contributed by atoms with Crippen molar-refractivity contribution in [3.8, 4) is 0 Å². The predicted octanol–water partition coefficient (Wildman–Crippen LogP) is 5.84. The third kappa shape index (κ3) is 4.41. The summed E-state index contributed by atoms with van der Waals surface area (Å²) in [5.41, 5.74) is 0.830. The van der Waals surface area contributed by atoms with Gasteiger partial charge in [-0.15, -0.1) is 0 Å². The largest absolute Gasteiger partial charge is 0.322 e. The number of rotatable bonds is 3. The number of anilines is 1. The molecule has 2 amide bonds. The minimum atomic E-state index is 0.0751. The Morgan fingerprint density at radius 3 is 1.83 bits per heavy atom. The number of halogens is 1. The van der Waals surface area contributed by atoms with Crippen LogP contribution in [0.1, 0.15) is 64.2 Å². The predicted molar refractivity (Wildman–Crippen MR) is 96.1 cm³/mol. The highest BCUT2D eigenvalue weighted by Gasteiger charge is 2.32. The molecular weight excluding hydrogens is 308 g/mol. The van der Waals surface area contributed by atoms with Crippen molar-refractivity contribution in [2.24, 2.45) is 0 Å². The number of benzene rings is 1. The SMILES string of the molecule is O=C(Nc1ccc(Cl)cc1)N(C1CCCCC1)C1CCCCC1. The van der Waals surface area contributed by atoms with Gasteiger partial charge in [-0.25, -0.2) is 4.79 Å². The van der Waals surface area contributed by atoms with E-state index in [0.717, 1.165) is 31.4 Å². The summed E-state index contributed by atoms with van der Waals surface area (Å²) in [6, 6.07) is 8.30. The molecule has 0 spiro atoms. The lowest BCUT2D eigenvalue weighted by molar-refractivity contribution is 0.114. The molecule has 0 saturated heterocycles. The number of hydrogen-bond acceptors (Lipinski definition) is 1. The van der Waals surface area contributed by atoms with Crippen LogP contribution in [0.15, 0.2) is 24.3 Å². The van der Waals surface area contributed by atoms with Crippen LogP contribution in [0.3, 0.4) is 0 Å². The summed E-state index contributed by atoms with van der Waals surface area (Å²) in [6.07, 6.45) is 12.3. The molecule has 23 heavy (non-hydrogen) atoms. The monoisotopic (exact) mass is 334 g/mol. The first-order valence-electron chi connectivity index (χ1n) is 9.09. The van der Waals surface area contributed by atoms with Gasteiger partial charge in [-0.1, -0.05) is 50.1 Å². The van der Waals surface area contributed by atoms with Gasteiger partial charge in [0.1, 0.15) is 0 Å².